The molecule has 0 atom stereocenters. The fraction of sp³-hybridized carbons (Fsp3) is 0.545. The molecule has 13 heavy (non-hydrogen) atoms. The zero-order valence-corrected chi connectivity index (χ0v) is 8.09. The molecule has 1 aromatic heterocycles. The first-order valence-corrected chi connectivity index (χ1v) is 4.99. The molecule has 0 radical (unpaired) electrons. The lowest BCUT2D eigenvalue weighted by Crippen LogP contribution is -2.27. The molecule has 0 spiro atoms. The maximum atomic E-state index is 4.44. The van der Waals surface area contributed by atoms with Gasteiger partial charge < -0.3 is 5.32 Å². The van der Waals surface area contributed by atoms with E-state index in [9.17, 15) is 0 Å². The van der Waals surface area contributed by atoms with Crippen LogP contribution in [0.15, 0.2) is 18.3 Å². The fourth-order valence-electron chi connectivity index (χ4n) is 1.90. The molecule has 1 aromatic rings. The molecule has 2 rings (SSSR count). The third kappa shape index (κ3) is 2.07. The summed E-state index contributed by atoms with van der Waals surface area (Å²) in [7, 11) is 0. The Morgan fingerprint density at radius 2 is 2.15 bits per heavy atom. The minimum atomic E-state index is 0.682. The van der Waals surface area contributed by atoms with Gasteiger partial charge in [-0.15, -0.1) is 0 Å². The number of hydrogen-bond acceptors (Lipinski definition) is 2. The first-order chi connectivity index (χ1) is 6.36. The molecule has 0 aliphatic carbocycles. The van der Waals surface area contributed by atoms with E-state index in [1.54, 1.807) is 0 Å². The number of pyridine rings is 1. The van der Waals surface area contributed by atoms with Gasteiger partial charge in [0.2, 0.25) is 0 Å². The number of nitrogens with zero attached hydrogens (tertiary/aromatic N) is 1. The van der Waals surface area contributed by atoms with Gasteiger partial charge in [-0.3, -0.25) is 4.98 Å². The third-order valence-electron chi connectivity index (χ3n) is 2.69. The molecule has 1 aliphatic rings. The van der Waals surface area contributed by atoms with Crippen LogP contribution >= 0.6 is 0 Å². The van der Waals surface area contributed by atoms with E-state index in [0.717, 1.165) is 13.1 Å². The summed E-state index contributed by atoms with van der Waals surface area (Å²) in [6, 6.07) is 4.28. The van der Waals surface area contributed by atoms with Gasteiger partial charge in [0, 0.05) is 17.8 Å². The minimum absolute atomic E-state index is 0.682. The number of rotatable bonds is 1. The van der Waals surface area contributed by atoms with Crippen LogP contribution in [0.25, 0.3) is 0 Å². The zero-order chi connectivity index (χ0) is 9.10. The first-order valence-electron chi connectivity index (χ1n) is 4.99. The van der Waals surface area contributed by atoms with E-state index in [4.69, 9.17) is 0 Å². The van der Waals surface area contributed by atoms with Gasteiger partial charge >= 0.3 is 0 Å². The molecule has 0 unspecified atom stereocenters. The number of hydrogen-bond donors (Lipinski definition) is 1. The van der Waals surface area contributed by atoms with Crippen molar-refractivity contribution < 1.29 is 0 Å². The highest BCUT2D eigenvalue weighted by atomic mass is 14.9. The lowest BCUT2D eigenvalue weighted by Gasteiger charge is -2.22. The van der Waals surface area contributed by atoms with E-state index in [1.165, 1.54) is 24.1 Å². The summed E-state index contributed by atoms with van der Waals surface area (Å²) in [5, 5.41) is 3.37. The molecule has 0 saturated carbocycles. The van der Waals surface area contributed by atoms with Gasteiger partial charge in [0.05, 0.1) is 0 Å². The normalized spacial score (nSPS) is 18.8. The average molecular weight is 176 g/mol. The van der Waals surface area contributed by atoms with Gasteiger partial charge in [-0.1, -0.05) is 0 Å². The van der Waals surface area contributed by atoms with Gasteiger partial charge in [0.1, 0.15) is 0 Å². The topological polar surface area (TPSA) is 24.9 Å². The van der Waals surface area contributed by atoms with Crippen molar-refractivity contribution in [1.82, 2.24) is 10.3 Å². The van der Waals surface area contributed by atoms with Crippen LogP contribution in [-0.4, -0.2) is 18.1 Å². The predicted molar refractivity (Wildman–Crippen MR) is 53.8 cm³/mol. The largest absolute Gasteiger partial charge is 0.317 e. The molecule has 1 N–H and O–H groups in total. The number of piperidine rings is 1. The Bertz CT molecular complexity index is 277. The van der Waals surface area contributed by atoms with Crippen LogP contribution in [0.2, 0.25) is 0 Å². The summed E-state index contributed by atoms with van der Waals surface area (Å²) in [6.07, 6.45) is 4.39. The number of aromatic nitrogens is 1. The standard InChI is InChI=1S/C11H16N2/c1-9-2-7-13-11(8-9)10-3-5-12-6-4-10/h2,7-8,10,12H,3-6H2,1H3. The van der Waals surface area contributed by atoms with E-state index in [0.29, 0.717) is 5.92 Å². The van der Waals surface area contributed by atoms with Crippen molar-refractivity contribution in [2.45, 2.75) is 25.7 Å². The Labute approximate surface area is 79.4 Å². The quantitative estimate of drug-likeness (QED) is 0.706. The van der Waals surface area contributed by atoms with Crippen molar-refractivity contribution in [3.05, 3.63) is 29.6 Å². The number of aryl methyl sites for hydroxylation is 1. The van der Waals surface area contributed by atoms with E-state index in [1.807, 2.05) is 6.20 Å². The van der Waals surface area contributed by atoms with Crippen LogP contribution in [0.1, 0.15) is 30.0 Å². The van der Waals surface area contributed by atoms with Gasteiger partial charge in [0.25, 0.3) is 0 Å². The van der Waals surface area contributed by atoms with E-state index in [-0.39, 0.29) is 0 Å². The average Bonchev–Trinajstić information content (AvgIpc) is 2.19. The summed E-state index contributed by atoms with van der Waals surface area (Å²) in [5.41, 5.74) is 2.60. The van der Waals surface area contributed by atoms with Crippen molar-refractivity contribution in [2.75, 3.05) is 13.1 Å². The van der Waals surface area contributed by atoms with Crippen LogP contribution in [-0.2, 0) is 0 Å². The molecular weight excluding hydrogens is 160 g/mol. The predicted octanol–water partition coefficient (Wildman–Crippen LogP) is 1.86. The Morgan fingerprint density at radius 1 is 1.38 bits per heavy atom. The highest BCUT2D eigenvalue weighted by Gasteiger charge is 2.15. The monoisotopic (exact) mass is 176 g/mol. The molecule has 1 saturated heterocycles. The van der Waals surface area contributed by atoms with Crippen molar-refractivity contribution >= 4 is 0 Å². The molecule has 0 bridgehead atoms. The second-order valence-corrected chi connectivity index (χ2v) is 3.78. The maximum absolute atomic E-state index is 4.44. The Hall–Kier alpha value is -0.890. The fourth-order valence-corrected chi connectivity index (χ4v) is 1.90. The molecule has 2 heterocycles. The summed E-state index contributed by atoms with van der Waals surface area (Å²) in [6.45, 7) is 4.41. The van der Waals surface area contributed by atoms with E-state index in [2.05, 4.69) is 29.4 Å². The zero-order valence-electron chi connectivity index (χ0n) is 8.09. The molecule has 2 nitrogen and oxygen atoms in total. The lowest BCUT2D eigenvalue weighted by atomic mass is 9.93. The van der Waals surface area contributed by atoms with Crippen LogP contribution in [0.5, 0.6) is 0 Å². The maximum Gasteiger partial charge on any atom is 0.0438 e. The third-order valence-corrected chi connectivity index (χ3v) is 2.69. The van der Waals surface area contributed by atoms with Gasteiger partial charge in [-0.2, -0.15) is 0 Å². The number of nitrogens with one attached hydrogen (secondary N) is 1. The Kier molecular flexibility index (Phi) is 2.60. The molecule has 0 amide bonds. The minimum Gasteiger partial charge on any atom is -0.317 e. The Balaban J connectivity index is 2.14. The Morgan fingerprint density at radius 3 is 2.85 bits per heavy atom. The van der Waals surface area contributed by atoms with Gasteiger partial charge in [-0.05, 0) is 50.6 Å². The van der Waals surface area contributed by atoms with E-state index < -0.39 is 0 Å². The van der Waals surface area contributed by atoms with Crippen molar-refractivity contribution in [2.24, 2.45) is 0 Å². The smallest absolute Gasteiger partial charge is 0.0438 e. The molecule has 70 valence electrons. The van der Waals surface area contributed by atoms with Gasteiger partial charge in [0.15, 0.2) is 0 Å². The first kappa shape index (κ1) is 8.70. The van der Waals surface area contributed by atoms with Crippen LogP contribution in [0.4, 0.5) is 0 Å². The van der Waals surface area contributed by atoms with Crippen molar-refractivity contribution in [3.63, 3.8) is 0 Å². The van der Waals surface area contributed by atoms with Gasteiger partial charge in [-0.25, -0.2) is 0 Å². The van der Waals surface area contributed by atoms with Crippen molar-refractivity contribution in [3.8, 4) is 0 Å². The lowest BCUT2D eigenvalue weighted by molar-refractivity contribution is 0.453. The molecule has 2 heteroatoms. The highest BCUT2D eigenvalue weighted by molar-refractivity contribution is 5.18. The summed E-state index contributed by atoms with van der Waals surface area (Å²) >= 11 is 0. The second kappa shape index (κ2) is 3.88. The highest BCUT2D eigenvalue weighted by Crippen LogP contribution is 2.23. The summed E-state index contributed by atoms with van der Waals surface area (Å²) in [4.78, 5) is 4.44. The van der Waals surface area contributed by atoms with Crippen LogP contribution in [0, 0.1) is 6.92 Å². The second-order valence-electron chi connectivity index (χ2n) is 3.78. The molecular formula is C11H16N2. The summed E-state index contributed by atoms with van der Waals surface area (Å²) in [5.74, 6) is 0.682. The summed E-state index contributed by atoms with van der Waals surface area (Å²) < 4.78 is 0. The van der Waals surface area contributed by atoms with Crippen LogP contribution in [0.3, 0.4) is 0 Å². The molecule has 0 aromatic carbocycles. The molecule has 1 aliphatic heterocycles. The SMILES string of the molecule is Cc1ccnc(C2CCNCC2)c1. The van der Waals surface area contributed by atoms with Crippen LogP contribution < -0.4 is 5.32 Å². The van der Waals surface area contributed by atoms with Crippen molar-refractivity contribution in [1.29, 1.82) is 0 Å². The molecule has 1 fully saturated rings. The van der Waals surface area contributed by atoms with E-state index >= 15 is 0 Å².